The molecule has 0 bridgehead atoms. The van der Waals surface area contributed by atoms with Gasteiger partial charge in [0.05, 0.1) is 13.7 Å². The lowest BCUT2D eigenvalue weighted by atomic mass is 10.1. The number of ether oxygens (including phenoxy) is 2. The minimum atomic E-state index is -0.276. The number of methoxy groups -OCH3 is 1. The molecule has 1 saturated carbocycles. The molecule has 2 aromatic rings. The van der Waals surface area contributed by atoms with E-state index in [-0.39, 0.29) is 18.3 Å². The van der Waals surface area contributed by atoms with Crippen molar-refractivity contribution < 1.29 is 18.7 Å². The molecule has 0 saturated heterocycles. The summed E-state index contributed by atoms with van der Waals surface area (Å²) in [6.07, 6.45) is 3.35. The summed E-state index contributed by atoms with van der Waals surface area (Å²) in [5, 5.41) is 2.88. The van der Waals surface area contributed by atoms with Gasteiger partial charge in [0.25, 0.3) is 0 Å². The summed E-state index contributed by atoms with van der Waals surface area (Å²) in [6.45, 7) is 5.10. The molecule has 0 radical (unpaired) electrons. The van der Waals surface area contributed by atoms with Crippen molar-refractivity contribution in [1.82, 2.24) is 10.2 Å². The minimum Gasteiger partial charge on any atom is -0.493 e. The van der Waals surface area contributed by atoms with Crippen LogP contribution in [0.5, 0.6) is 11.5 Å². The Hall–Kier alpha value is -2.60. The lowest BCUT2D eigenvalue weighted by Gasteiger charge is -2.22. The molecule has 5 nitrogen and oxygen atoms in total. The van der Waals surface area contributed by atoms with Gasteiger partial charge in [-0.05, 0) is 67.5 Å². The average Bonchev–Trinajstić information content (AvgIpc) is 3.55. The molecule has 0 heterocycles. The second kappa shape index (κ2) is 11.0. The van der Waals surface area contributed by atoms with E-state index in [0.717, 1.165) is 36.6 Å². The van der Waals surface area contributed by atoms with Crippen LogP contribution < -0.4 is 14.8 Å². The van der Waals surface area contributed by atoms with Gasteiger partial charge in [0.15, 0.2) is 11.5 Å². The summed E-state index contributed by atoms with van der Waals surface area (Å²) in [4.78, 5) is 14.2. The van der Waals surface area contributed by atoms with Crippen molar-refractivity contribution >= 4 is 5.91 Å². The molecular formula is C24H31FN2O3. The largest absolute Gasteiger partial charge is 0.493 e. The second-order valence-electron chi connectivity index (χ2n) is 7.79. The fraction of sp³-hybridized carbons (Fsp3) is 0.458. The van der Waals surface area contributed by atoms with Crippen molar-refractivity contribution in [3.8, 4) is 11.5 Å². The summed E-state index contributed by atoms with van der Waals surface area (Å²) in [5.74, 6) is 1.82. The lowest BCUT2D eigenvalue weighted by molar-refractivity contribution is -0.122. The molecule has 2 aromatic carbocycles. The van der Waals surface area contributed by atoms with Crippen molar-refractivity contribution in [2.75, 3.05) is 33.3 Å². The maximum atomic E-state index is 13.3. The molecule has 1 aliphatic rings. The zero-order chi connectivity index (χ0) is 21.3. The average molecular weight is 415 g/mol. The standard InChI is InChI=1S/C24H31FN2O3/c1-3-26-24(28)16-27(15-19-7-8-19)12-11-18-9-10-22(23(14-18)29-2)30-17-20-5-4-6-21(25)13-20/h4-6,9-10,13-14,19H,3,7-8,11-12,15-17H2,1-2H3,(H,26,28). The molecular weight excluding hydrogens is 383 g/mol. The van der Waals surface area contributed by atoms with Gasteiger partial charge in [0.2, 0.25) is 5.91 Å². The van der Waals surface area contributed by atoms with Crippen molar-refractivity contribution in [3.63, 3.8) is 0 Å². The molecule has 1 fully saturated rings. The molecule has 1 aliphatic carbocycles. The lowest BCUT2D eigenvalue weighted by Crippen LogP contribution is -2.39. The number of halogens is 1. The maximum Gasteiger partial charge on any atom is 0.234 e. The summed E-state index contributed by atoms with van der Waals surface area (Å²) < 4.78 is 24.7. The molecule has 6 heteroatoms. The number of hydrogen-bond donors (Lipinski definition) is 1. The van der Waals surface area contributed by atoms with Crippen LogP contribution in [0.4, 0.5) is 4.39 Å². The molecule has 0 atom stereocenters. The van der Waals surface area contributed by atoms with E-state index in [1.165, 1.54) is 25.0 Å². The van der Waals surface area contributed by atoms with Crippen molar-refractivity contribution in [3.05, 3.63) is 59.4 Å². The number of nitrogens with one attached hydrogen (secondary N) is 1. The fourth-order valence-corrected chi connectivity index (χ4v) is 3.42. The van der Waals surface area contributed by atoms with Crippen LogP contribution in [0, 0.1) is 11.7 Å². The van der Waals surface area contributed by atoms with Gasteiger partial charge >= 0.3 is 0 Å². The Labute approximate surface area is 178 Å². The maximum absolute atomic E-state index is 13.3. The van der Waals surface area contributed by atoms with Gasteiger partial charge in [0, 0.05) is 19.6 Å². The van der Waals surface area contributed by atoms with E-state index in [9.17, 15) is 9.18 Å². The van der Waals surface area contributed by atoms with E-state index in [4.69, 9.17) is 9.47 Å². The zero-order valence-electron chi connectivity index (χ0n) is 17.8. The molecule has 0 spiro atoms. The van der Waals surface area contributed by atoms with Gasteiger partial charge < -0.3 is 14.8 Å². The summed E-state index contributed by atoms with van der Waals surface area (Å²) in [5.41, 5.74) is 1.89. The minimum absolute atomic E-state index is 0.0804. The molecule has 0 aromatic heterocycles. The first-order chi connectivity index (χ1) is 14.6. The van der Waals surface area contributed by atoms with Gasteiger partial charge in [-0.1, -0.05) is 18.2 Å². The SMILES string of the molecule is CCNC(=O)CN(CCc1ccc(OCc2cccc(F)c2)c(OC)c1)CC1CC1. The van der Waals surface area contributed by atoms with E-state index >= 15 is 0 Å². The van der Waals surface area contributed by atoms with Crippen LogP contribution >= 0.6 is 0 Å². The van der Waals surface area contributed by atoms with E-state index < -0.39 is 0 Å². The van der Waals surface area contributed by atoms with Crippen molar-refractivity contribution in [1.29, 1.82) is 0 Å². The summed E-state index contributed by atoms with van der Waals surface area (Å²) >= 11 is 0. The van der Waals surface area contributed by atoms with Crippen LogP contribution in [0.1, 0.15) is 30.9 Å². The van der Waals surface area contributed by atoms with Crippen LogP contribution in [-0.4, -0.2) is 44.1 Å². The monoisotopic (exact) mass is 414 g/mol. The van der Waals surface area contributed by atoms with Crippen LogP contribution in [-0.2, 0) is 17.8 Å². The van der Waals surface area contributed by atoms with Crippen LogP contribution in [0.15, 0.2) is 42.5 Å². The summed E-state index contributed by atoms with van der Waals surface area (Å²) in [6, 6.07) is 12.3. The van der Waals surface area contributed by atoms with E-state index in [0.29, 0.717) is 24.6 Å². The Bertz CT molecular complexity index is 839. The Kier molecular flexibility index (Phi) is 8.08. The highest BCUT2D eigenvalue weighted by molar-refractivity contribution is 5.77. The number of carbonyl (C=O) groups excluding carboxylic acids is 1. The third-order valence-corrected chi connectivity index (χ3v) is 5.18. The predicted octanol–water partition coefficient (Wildman–Crippen LogP) is 3.80. The molecule has 30 heavy (non-hydrogen) atoms. The topological polar surface area (TPSA) is 50.8 Å². The van der Waals surface area contributed by atoms with Crippen LogP contribution in [0.25, 0.3) is 0 Å². The number of benzene rings is 2. The van der Waals surface area contributed by atoms with Gasteiger partial charge in [-0.3, -0.25) is 9.69 Å². The molecule has 0 unspecified atom stereocenters. The molecule has 1 amide bonds. The quantitative estimate of drug-likeness (QED) is 0.574. The first-order valence-electron chi connectivity index (χ1n) is 10.6. The van der Waals surface area contributed by atoms with Gasteiger partial charge in [-0.15, -0.1) is 0 Å². The fourth-order valence-electron chi connectivity index (χ4n) is 3.42. The highest BCUT2D eigenvalue weighted by Crippen LogP contribution is 2.31. The summed E-state index contributed by atoms with van der Waals surface area (Å²) in [7, 11) is 1.61. The van der Waals surface area contributed by atoms with Crippen LogP contribution in [0.3, 0.4) is 0 Å². The first kappa shape index (κ1) is 22.1. The highest BCUT2D eigenvalue weighted by atomic mass is 19.1. The number of likely N-dealkylation sites (N-methyl/N-ethyl adjacent to an activating group) is 1. The van der Waals surface area contributed by atoms with Crippen molar-refractivity contribution in [2.45, 2.75) is 32.8 Å². The van der Waals surface area contributed by atoms with Crippen molar-refractivity contribution in [2.24, 2.45) is 5.92 Å². The Balaban J connectivity index is 1.57. The Morgan fingerprint density at radius 3 is 2.70 bits per heavy atom. The van der Waals surface area contributed by atoms with Gasteiger partial charge in [0.1, 0.15) is 12.4 Å². The molecule has 0 aliphatic heterocycles. The number of amides is 1. The molecule has 162 valence electrons. The third kappa shape index (κ3) is 7.02. The van der Waals surface area contributed by atoms with Gasteiger partial charge in [-0.25, -0.2) is 4.39 Å². The predicted molar refractivity (Wildman–Crippen MR) is 115 cm³/mol. The zero-order valence-corrected chi connectivity index (χ0v) is 17.8. The normalized spacial score (nSPS) is 13.3. The van der Waals surface area contributed by atoms with E-state index in [2.05, 4.69) is 10.2 Å². The first-order valence-corrected chi connectivity index (χ1v) is 10.6. The Morgan fingerprint density at radius 1 is 1.17 bits per heavy atom. The Morgan fingerprint density at radius 2 is 2.00 bits per heavy atom. The number of hydrogen-bond acceptors (Lipinski definition) is 4. The molecule has 3 rings (SSSR count). The number of carbonyl (C=O) groups is 1. The third-order valence-electron chi connectivity index (χ3n) is 5.18. The second-order valence-corrected chi connectivity index (χ2v) is 7.79. The highest BCUT2D eigenvalue weighted by Gasteiger charge is 2.25. The van der Waals surface area contributed by atoms with Gasteiger partial charge in [-0.2, -0.15) is 0 Å². The van der Waals surface area contributed by atoms with E-state index in [1.54, 1.807) is 13.2 Å². The smallest absolute Gasteiger partial charge is 0.234 e. The molecule has 1 N–H and O–H groups in total. The number of nitrogens with zero attached hydrogens (tertiary/aromatic N) is 1. The number of rotatable bonds is 12. The van der Waals surface area contributed by atoms with E-state index in [1.807, 2.05) is 31.2 Å². The van der Waals surface area contributed by atoms with Crippen LogP contribution in [0.2, 0.25) is 0 Å².